The van der Waals surface area contributed by atoms with E-state index in [2.05, 4.69) is 10.6 Å². The van der Waals surface area contributed by atoms with Crippen molar-refractivity contribution in [2.75, 3.05) is 10.2 Å². The predicted molar refractivity (Wildman–Crippen MR) is 173 cm³/mol. The first-order valence-electron chi connectivity index (χ1n) is 13.3. The van der Waals surface area contributed by atoms with Crippen molar-refractivity contribution in [3.63, 3.8) is 0 Å². The van der Waals surface area contributed by atoms with Gasteiger partial charge in [0, 0.05) is 34.7 Å². The number of nitrogens with one attached hydrogen (secondary N) is 2. The highest BCUT2D eigenvalue weighted by Crippen LogP contribution is 2.36. The summed E-state index contributed by atoms with van der Waals surface area (Å²) in [6, 6.07) is 25.0. The van der Waals surface area contributed by atoms with Crippen LogP contribution in [0.25, 0.3) is 6.08 Å². The summed E-state index contributed by atoms with van der Waals surface area (Å²) in [5, 5.41) is 16.2. The summed E-state index contributed by atoms with van der Waals surface area (Å²) in [7, 11) is 0. The van der Waals surface area contributed by atoms with Crippen LogP contribution in [0.3, 0.4) is 0 Å². The Bertz CT molecular complexity index is 1850. The summed E-state index contributed by atoms with van der Waals surface area (Å²) in [4.78, 5) is 64.5. The molecule has 1 saturated heterocycles. The summed E-state index contributed by atoms with van der Waals surface area (Å²) >= 11 is 13.2. The molecule has 0 saturated carbocycles. The van der Waals surface area contributed by atoms with Gasteiger partial charge in [-0.1, -0.05) is 47.5 Å². The van der Waals surface area contributed by atoms with Gasteiger partial charge in [0.25, 0.3) is 17.5 Å². The molecule has 10 nitrogen and oxygen atoms in total. The summed E-state index contributed by atoms with van der Waals surface area (Å²) in [5.74, 6) is -1.97. The molecule has 5 rings (SSSR count). The van der Waals surface area contributed by atoms with E-state index in [1.807, 2.05) is 0 Å². The molecule has 226 valence electrons. The Kier molecular flexibility index (Phi) is 9.62. The second kappa shape index (κ2) is 13.8. The molecule has 1 heterocycles. The normalized spacial score (nSPS) is 14.8. The van der Waals surface area contributed by atoms with Gasteiger partial charge < -0.3 is 10.6 Å². The zero-order chi connectivity index (χ0) is 32.1. The summed E-state index contributed by atoms with van der Waals surface area (Å²) < 4.78 is 0. The van der Waals surface area contributed by atoms with Crippen LogP contribution in [-0.4, -0.2) is 33.8 Å². The van der Waals surface area contributed by atoms with Gasteiger partial charge in [0.1, 0.15) is 5.70 Å². The number of thioether (sulfide) groups is 1. The molecule has 0 unspecified atom stereocenters. The molecule has 0 aliphatic carbocycles. The van der Waals surface area contributed by atoms with Crippen LogP contribution < -0.4 is 15.5 Å². The number of nitro benzene ring substituents is 1. The molecule has 1 aliphatic rings. The fraction of sp³-hybridized carbons (Fsp3) is 0.0625. The lowest BCUT2D eigenvalue weighted by atomic mass is 10.1. The van der Waals surface area contributed by atoms with Crippen molar-refractivity contribution in [2.45, 2.75) is 16.6 Å². The van der Waals surface area contributed by atoms with Crippen molar-refractivity contribution in [1.29, 1.82) is 0 Å². The maximum absolute atomic E-state index is 13.4. The second-order valence-electron chi connectivity index (χ2n) is 9.69. The monoisotopic (exact) mass is 660 g/mol. The number of non-ortho nitro benzene ring substituents is 1. The van der Waals surface area contributed by atoms with Gasteiger partial charge >= 0.3 is 0 Å². The van der Waals surface area contributed by atoms with Crippen molar-refractivity contribution < 1.29 is 24.1 Å². The Labute approximate surface area is 271 Å². The molecule has 2 N–H and O–H groups in total. The number of nitrogens with zero attached hydrogens (tertiary/aromatic N) is 2. The van der Waals surface area contributed by atoms with Crippen LogP contribution in [0.15, 0.2) is 108 Å². The molecule has 0 spiro atoms. The fourth-order valence-electron chi connectivity index (χ4n) is 4.40. The highest BCUT2D eigenvalue weighted by molar-refractivity contribution is 8.00. The molecule has 1 aliphatic heterocycles. The topological polar surface area (TPSA) is 139 Å². The average Bonchev–Trinajstić information content (AvgIpc) is 3.30. The maximum atomic E-state index is 13.4. The third-order valence-electron chi connectivity index (χ3n) is 6.58. The first-order chi connectivity index (χ1) is 21.6. The van der Waals surface area contributed by atoms with Gasteiger partial charge in [-0.3, -0.25) is 29.3 Å². The van der Waals surface area contributed by atoms with E-state index >= 15 is 0 Å². The quantitative estimate of drug-likeness (QED) is 0.0877. The van der Waals surface area contributed by atoms with Crippen LogP contribution in [0, 0.1) is 10.1 Å². The van der Waals surface area contributed by atoms with E-state index in [0.29, 0.717) is 32.4 Å². The van der Waals surface area contributed by atoms with Crippen molar-refractivity contribution >= 4 is 81.7 Å². The van der Waals surface area contributed by atoms with E-state index in [4.69, 9.17) is 23.2 Å². The number of carbonyl (C=O) groups is 4. The van der Waals surface area contributed by atoms with Crippen LogP contribution in [0.1, 0.15) is 22.3 Å². The predicted octanol–water partition coefficient (Wildman–Crippen LogP) is 6.74. The highest BCUT2D eigenvalue weighted by atomic mass is 35.5. The van der Waals surface area contributed by atoms with Crippen molar-refractivity contribution in [3.8, 4) is 0 Å². The Morgan fingerprint density at radius 2 is 1.64 bits per heavy atom. The van der Waals surface area contributed by atoms with Gasteiger partial charge in [-0.05, 0) is 72.3 Å². The first-order valence-corrected chi connectivity index (χ1v) is 14.9. The number of anilines is 2. The number of hydrogen-bond donors (Lipinski definition) is 2. The molecular weight excluding hydrogens is 639 g/mol. The van der Waals surface area contributed by atoms with Crippen LogP contribution in [0.4, 0.5) is 17.1 Å². The molecule has 0 bridgehead atoms. The number of imide groups is 1. The Hall–Kier alpha value is -4.97. The molecule has 13 heteroatoms. The van der Waals surface area contributed by atoms with Gasteiger partial charge in [0.05, 0.1) is 25.9 Å². The SMILES string of the molecule is O=C(Nc1cccc(S[C@H]2CC(=O)N(c3ccc(Cl)c(Cl)c3)C2=O)c1)/C(=C/c1ccc([N+](=O)[O-])cc1)NC(=O)c1ccccc1. The number of rotatable bonds is 9. The van der Waals surface area contributed by atoms with Crippen LogP contribution in [-0.2, 0) is 14.4 Å². The number of halogens is 2. The first kappa shape index (κ1) is 31.5. The lowest BCUT2D eigenvalue weighted by Gasteiger charge is -2.16. The van der Waals surface area contributed by atoms with E-state index in [1.54, 1.807) is 60.7 Å². The molecule has 4 amide bonds. The lowest BCUT2D eigenvalue weighted by Crippen LogP contribution is -2.31. The van der Waals surface area contributed by atoms with Gasteiger partial charge in [0.2, 0.25) is 11.8 Å². The van der Waals surface area contributed by atoms with Gasteiger partial charge in [-0.2, -0.15) is 0 Å². The third-order valence-corrected chi connectivity index (χ3v) is 8.50. The summed E-state index contributed by atoms with van der Waals surface area (Å²) in [5.41, 5.74) is 1.23. The molecular formula is C32H22Cl2N4O6S. The van der Waals surface area contributed by atoms with Gasteiger partial charge in [-0.25, -0.2) is 4.90 Å². The fourth-order valence-corrected chi connectivity index (χ4v) is 5.81. The molecule has 4 aromatic carbocycles. The van der Waals surface area contributed by atoms with E-state index in [9.17, 15) is 29.3 Å². The average molecular weight is 662 g/mol. The number of hydrogen-bond acceptors (Lipinski definition) is 7. The minimum absolute atomic E-state index is 0.0338. The van der Waals surface area contributed by atoms with E-state index in [0.717, 1.165) is 4.90 Å². The largest absolute Gasteiger partial charge is 0.321 e. The highest BCUT2D eigenvalue weighted by Gasteiger charge is 2.40. The zero-order valence-corrected chi connectivity index (χ0v) is 25.4. The number of amides is 4. The lowest BCUT2D eigenvalue weighted by molar-refractivity contribution is -0.384. The number of nitro groups is 1. The van der Waals surface area contributed by atoms with Crippen molar-refractivity contribution in [1.82, 2.24) is 5.32 Å². The third kappa shape index (κ3) is 7.58. The zero-order valence-electron chi connectivity index (χ0n) is 23.1. The Morgan fingerprint density at radius 3 is 2.33 bits per heavy atom. The molecule has 45 heavy (non-hydrogen) atoms. The minimum atomic E-state index is -0.708. The molecule has 4 aromatic rings. The van der Waals surface area contributed by atoms with E-state index in [-0.39, 0.29) is 28.7 Å². The molecule has 1 atom stereocenters. The molecule has 0 aromatic heterocycles. The summed E-state index contributed by atoms with van der Waals surface area (Å²) in [6.07, 6.45) is 1.37. The maximum Gasteiger partial charge on any atom is 0.272 e. The van der Waals surface area contributed by atoms with Gasteiger partial charge in [0.15, 0.2) is 0 Å². The van der Waals surface area contributed by atoms with E-state index in [1.165, 1.54) is 54.2 Å². The summed E-state index contributed by atoms with van der Waals surface area (Å²) in [6.45, 7) is 0. The Balaban J connectivity index is 1.33. The van der Waals surface area contributed by atoms with Crippen LogP contribution >= 0.6 is 35.0 Å². The molecule has 1 fully saturated rings. The smallest absolute Gasteiger partial charge is 0.272 e. The second-order valence-corrected chi connectivity index (χ2v) is 11.8. The van der Waals surface area contributed by atoms with Crippen molar-refractivity contribution in [2.24, 2.45) is 0 Å². The van der Waals surface area contributed by atoms with E-state index < -0.39 is 27.9 Å². The van der Waals surface area contributed by atoms with Gasteiger partial charge in [-0.15, -0.1) is 11.8 Å². The Morgan fingerprint density at radius 1 is 0.911 bits per heavy atom. The molecule has 0 radical (unpaired) electrons. The standard InChI is InChI=1S/C32H22Cl2N4O6S/c33-25-14-13-23(17-26(25)34)37-29(39)18-28(32(37)42)45-24-8-4-7-21(16-24)35-31(41)27(36-30(40)20-5-2-1-3-6-20)15-19-9-11-22(12-10-19)38(43)44/h1-17,28H,18H2,(H,35,41)(H,36,40)/b27-15-/t28-/m0/s1. The van der Waals surface area contributed by atoms with Crippen LogP contribution in [0.5, 0.6) is 0 Å². The van der Waals surface area contributed by atoms with Crippen LogP contribution in [0.2, 0.25) is 10.0 Å². The number of carbonyl (C=O) groups excluding carboxylic acids is 4. The number of benzene rings is 4. The van der Waals surface area contributed by atoms with Crippen molar-refractivity contribution in [3.05, 3.63) is 134 Å². The minimum Gasteiger partial charge on any atom is -0.321 e.